The molecule has 100 valence electrons. The number of carbonyl (C=O) groups is 1. The standard InChI is InChI=1S/C11H9BrF2N4O/c1-18-3-2-9(17-18)16-11(19)15-8-5-6(13)4-7(12)10(8)14/h2-5H,1H3,(H2,15,16,17,19). The van der Waals surface area contributed by atoms with Gasteiger partial charge < -0.3 is 5.32 Å². The van der Waals surface area contributed by atoms with E-state index in [-0.39, 0.29) is 10.2 Å². The van der Waals surface area contributed by atoms with Crippen molar-refractivity contribution in [1.29, 1.82) is 0 Å². The molecule has 2 rings (SSSR count). The molecule has 19 heavy (non-hydrogen) atoms. The number of anilines is 2. The quantitative estimate of drug-likeness (QED) is 0.831. The number of aryl methyl sites for hydroxylation is 1. The molecule has 1 aromatic carbocycles. The maximum atomic E-state index is 13.6. The molecule has 0 atom stereocenters. The van der Waals surface area contributed by atoms with Gasteiger partial charge in [0.2, 0.25) is 0 Å². The van der Waals surface area contributed by atoms with Crippen molar-refractivity contribution in [2.45, 2.75) is 0 Å². The summed E-state index contributed by atoms with van der Waals surface area (Å²) in [4.78, 5) is 11.6. The van der Waals surface area contributed by atoms with E-state index >= 15 is 0 Å². The van der Waals surface area contributed by atoms with Gasteiger partial charge >= 0.3 is 6.03 Å². The van der Waals surface area contributed by atoms with Gasteiger partial charge in [-0.1, -0.05) is 0 Å². The lowest BCUT2D eigenvalue weighted by Gasteiger charge is -2.08. The predicted molar refractivity (Wildman–Crippen MR) is 69.9 cm³/mol. The number of benzene rings is 1. The Bertz CT molecular complexity index is 629. The van der Waals surface area contributed by atoms with Crippen molar-refractivity contribution >= 4 is 33.5 Å². The van der Waals surface area contributed by atoms with Gasteiger partial charge in [0.1, 0.15) is 5.82 Å². The van der Waals surface area contributed by atoms with Crippen LogP contribution in [0.2, 0.25) is 0 Å². The highest BCUT2D eigenvalue weighted by Crippen LogP contribution is 2.24. The van der Waals surface area contributed by atoms with Crippen molar-refractivity contribution in [3.05, 3.63) is 40.5 Å². The molecule has 0 aliphatic rings. The Labute approximate surface area is 115 Å². The second-order valence-electron chi connectivity index (χ2n) is 3.70. The first-order valence-electron chi connectivity index (χ1n) is 5.18. The molecule has 0 aliphatic carbocycles. The Hall–Kier alpha value is -1.96. The number of aromatic nitrogens is 2. The molecular formula is C11H9BrF2N4O. The second-order valence-corrected chi connectivity index (χ2v) is 4.56. The van der Waals surface area contributed by atoms with Crippen molar-refractivity contribution in [2.75, 3.05) is 10.6 Å². The third kappa shape index (κ3) is 3.28. The zero-order valence-corrected chi connectivity index (χ0v) is 11.3. The lowest BCUT2D eigenvalue weighted by Crippen LogP contribution is -2.20. The summed E-state index contributed by atoms with van der Waals surface area (Å²) in [6.45, 7) is 0. The summed E-state index contributed by atoms with van der Waals surface area (Å²) < 4.78 is 28.1. The molecule has 0 aliphatic heterocycles. The fourth-order valence-electron chi connectivity index (χ4n) is 1.40. The monoisotopic (exact) mass is 330 g/mol. The van der Waals surface area contributed by atoms with E-state index in [1.54, 1.807) is 19.3 Å². The summed E-state index contributed by atoms with van der Waals surface area (Å²) in [6, 6.07) is 2.71. The average Bonchev–Trinajstić information content (AvgIpc) is 2.70. The van der Waals surface area contributed by atoms with E-state index in [9.17, 15) is 13.6 Å². The Kier molecular flexibility index (Phi) is 3.79. The van der Waals surface area contributed by atoms with Crippen molar-refractivity contribution in [3.63, 3.8) is 0 Å². The van der Waals surface area contributed by atoms with Crippen LogP contribution in [0.25, 0.3) is 0 Å². The number of nitrogens with zero attached hydrogens (tertiary/aromatic N) is 2. The maximum absolute atomic E-state index is 13.6. The fraction of sp³-hybridized carbons (Fsp3) is 0.0909. The van der Waals surface area contributed by atoms with E-state index in [1.807, 2.05) is 0 Å². The van der Waals surface area contributed by atoms with Crippen LogP contribution in [0.5, 0.6) is 0 Å². The minimum Gasteiger partial charge on any atom is -0.305 e. The maximum Gasteiger partial charge on any atom is 0.324 e. The van der Waals surface area contributed by atoms with Gasteiger partial charge in [-0.15, -0.1) is 0 Å². The van der Waals surface area contributed by atoms with Crippen molar-refractivity contribution in [3.8, 4) is 0 Å². The van der Waals surface area contributed by atoms with Crippen molar-refractivity contribution in [1.82, 2.24) is 9.78 Å². The molecule has 8 heteroatoms. The minimum atomic E-state index is -0.752. The number of carbonyl (C=O) groups excluding carboxylic acids is 1. The fourth-order valence-corrected chi connectivity index (χ4v) is 1.83. The van der Waals surface area contributed by atoms with Gasteiger partial charge in [-0.2, -0.15) is 5.10 Å². The Morgan fingerprint density at radius 3 is 2.74 bits per heavy atom. The SMILES string of the molecule is Cn1ccc(NC(=O)Nc2cc(F)cc(Br)c2F)n1. The number of nitrogens with one attached hydrogen (secondary N) is 2. The van der Waals surface area contributed by atoms with E-state index in [4.69, 9.17) is 0 Å². The number of urea groups is 1. The Morgan fingerprint density at radius 1 is 1.37 bits per heavy atom. The van der Waals surface area contributed by atoms with Gasteiger partial charge in [0, 0.05) is 25.4 Å². The third-order valence-electron chi connectivity index (χ3n) is 2.20. The van der Waals surface area contributed by atoms with Gasteiger partial charge in [0.25, 0.3) is 0 Å². The van der Waals surface area contributed by atoms with Gasteiger partial charge in [-0.3, -0.25) is 10.00 Å². The van der Waals surface area contributed by atoms with Crippen LogP contribution >= 0.6 is 15.9 Å². The molecule has 0 unspecified atom stereocenters. The van der Waals surface area contributed by atoms with Crippen LogP contribution in [-0.4, -0.2) is 15.8 Å². The van der Waals surface area contributed by atoms with E-state index in [2.05, 4.69) is 31.7 Å². The summed E-state index contributed by atoms with van der Waals surface area (Å²) in [6.07, 6.45) is 1.63. The van der Waals surface area contributed by atoms with Crippen molar-refractivity contribution < 1.29 is 13.6 Å². The molecule has 1 aromatic heterocycles. The van der Waals surface area contributed by atoms with E-state index in [0.717, 1.165) is 12.1 Å². The molecule has 5 nitrogen and oxygen atoms in total. The van der Waals surface area contributed by atoms with E-state index < -0.39 is 17.7 Å². The van der Waals surface area contributed by atoms with Gasteiger partial charge in [0.15, 0.2) is 11.6 Å². The normalized spacial score (nSPS) is 10.3. The molecule has 2 N–H and O–H groups in total. The summed E-state index contributed by atoms with van der Waals surface area (Å²) >= 11 is 2.85. The number of halogens is 3. The largest absolute Gasteiger partial charge is 0.324 e. The van der Waals surface area contributed by atoms with Crippen LogP contribution in [0.4, 0.5) is 25.1 Å². The van der Waals surface area contributed by atoms with Gasteiger partial charge in [0.05, 0.1) is 10.2 Å². The molecule has 0 bridgehead atoms. The molecule has 1 heterocycles. The van der Waals surface area contributed by atoms with Crippen LogP contribution < -0.4 is 10.6 Å². The number of rotatable bonds is 2. The number of hydrogen-bond acceptors (Lipinski definition) is 2. The first-order chi connectivity index (χ1) is 8.95. The first kappa shape index (κ1) is 13.5. The molecule has 0 fully saturated rings. The number of hydrogen-bond donors (Lipinski definition) is 2. The lowest BCUT2D eigenvalue weighted by atomic mass is 10.3. The van der Waals surface area contributed by atoms with Crippen LogP contribution in [0.15, 0.2) is 28.9 Å². The van der Waals surface area contributed by atoms with Crippen LogP contribution in [0.3, 0.4) is 0 Å². The van der Waals surface area contributed by atoms with Crippen LogP contribution in [0.1, 0.15) is 0 Å². The minimum absolute atomic E-state index is 0.0689. The smallest absolute Gasteiger partial charge is 0.305 e. The lowest BCUT2D eigenvalue weighted by molar-refractivity contribution is 0.262. The molecule has 2 aromatic rings. The highest BCUT2D eigenvalue weighted by atomic mass is 79.9. The topological polar surface area (TPSA) is 59.0 Å². The molecule has 0 spiro atoms. The van der Waals surface area contributed by atoms with Gasteiger partial charge in [-0.25, -0.2) is 13.6 Å². The summed E-state index contributed by atoms with van der Waals surface area (Å²) in [7, 11) is 1.69. The third-order valence-corrected chi connectivity index (χ3v) is 2.77. The molecule has 0 saturated heterocycles. The Balaban J connectivity index is 2.11. The van der Waals surface area contributed by atoms with Gasteiger partial charge in [-0.05, 0) is 22.0 Å². The number of amides is 2. The van der Waals surface area contributed by atoms with Crippen LogP contribution in [-0.2, 0) is 7.05 Å². The Morgan fingerprint density at radius 2 is 2.11 bits per heavy atom. The van der Waals surface area contributed by atoms with E-state index in [1.165, 1.54) is 4.68 Å². The summed E-state index contributed by atoms with van der Waals surface area (Å²) in [5.41, 5.74) is -0.264. The zero-order valence-electron chi connectivity index (χ0n) is 9.75. The molecule has 0 radical (unpaired) electrons. The van der Waals surface area contributed by atoms with E-state index in [0.29, 0.717) is 5.82 Å². The summed E-state index contributed by atoms with van der Waals surface area (Å²) in [5, 5.41) is 8.51. The average molecular weight is 331 g/mol. The second kappa shape index (κ2) is 5.35. The molecule has 2 amide bonds. The molecular weight excluding hydrogens is 322 g/mol. The molecule has 0 saturated carbocycles. The van der Waals surface area contributed by atoms with Crippen LogP contribution in [0, 0.1) is 11.6 Å². The summed E-state index contributed by atoms with van der Waals surface area (Å²) in [5.74, 6) is -1.12. The first-order valence-corrected chi connectivity index (χ1v) is 5.97. The predicted octanol–water partition coefficient (Wildman–Crippen LogP) is 3.10. The highest BCUT2D eigenvalue weighted by molar-refractivity contribution is 9.10. The zero-order chi connectivity index (χ0) is 14.0. The van der Waals surface area contributed by atoms with Crippen molar-refractivity contribution in [2.24, 2.45) is 7.05 Å². The highest BCUT2D eigenvalue weighted by Gasteiger charge is 2.12.